The topological polar surface area (TPSA) is 135 Å². The van der Waals surface area contributed by atoms with Crippen LogP contribution in [-0.4, -0.2) is 59.3 Å². The zero-order chi connectivity index (χ0) is 16.6. The number of rotatable bonds is 3. The molecule has 10 heteroatoms. The van der Waals surface area contributed by atoms with Gasteiger partial charge in [0, 0.05) is 23.4 Å². The minimum absolute atomic E-state index is 0.0171. The molecular formula is C13H14N4O5S. The molecule has 0 unspecified atom stereocenters. The fraction of sp³-hybridized carbons (Fsp3) is 0.385. The number of hydrogen-bond acceptors (Lipinski definition) is 8. The first-order valence-electron chi connectivity index (χ1n) is 6.80. The molecule has 1 aromatic heterocycles. The largest absolute Gasteiger partial charge is 0.389 e. The van der Waals surface area contributed by atoms with Crippen molar-refractivity contribution < 1.29 is 20.2 Å². The highest BCUT2D eigenvalue weighted by Gasteiger charge is 2.38. The van der Waals surface area contributed by atoms with E-state index in [9.17, 15) is 25.4 Å². The number of hydrogen-bond donors (Lipinski definition) is 3. The number of nitrogens with zero attached hydrogens (tertiary/aromatic N) is 4. The Morgan fingerprint density at radius 2 is 1.91 bits per heavy atom. The van der Waals surface area contributed by atoms with Crippen molar-refractivity contribution in [2.75, 3.05) is 5.75 Å². The van der Waals surface area contributed by atoms with E-state index in [2.05, 4.69) is 10.3 Å². The summed E-state index contributed by atoms with van der Waals surface area (Å²) in [5.41, 5.74) is 1.13. The van der Waals surface area contributed by atoms with Crippen molar-refractivity contribution in [3.8, 4) is 11.3 Å². The highest BCUT2D eigenvalue weighted by Crippen LogP contribution is 2.35. The van der Waals surface area contributed by atoms with Crippen LogP contribution in [0.15, 0.2) is 30.5 Å². The summed E-state index contributed by atoms with van der Waals surface area (Å²) in [7, 11) is 0. The summed E-state index contributed by atoms with van der Waals surface area (Å²) in [6.07, 6.45) is -1.81. The van der Waals surface area contributed by atoms with Crippen molar-refractivity contribution in [2.24, 2.45) is 0 Å². The summed E-state index contributed by atoms with van der Waals surface area (Å²) in [5, 5.41) is 47.3. The molecule has 3 N–H and O–H groups in total. The molecule has 1 saturated heterocycles. The Hall–Kier alpha value is -2.01. The third kappa shape index (κ3) is 3.06. The molecule has 2 aromatic rings. The van der Waals surface area contributed by atoms with E-state index in [4.69, 9.17) is 0 Å². The molecule has 0 radical (unpaired) electrons. The number of nitro benzene ring substituents is 1. The third-order valence-electron chi connectivity index (χ3n) is 3.62. The Balaban J connectivity index is 1.81. The van der Waals surface area contributed by atoms with E-state index in [0.717, 1.165) is 0 Å². The van der Waals surface area contributed by atoms with Gasteiger partial charge < -0.3 is 15.3 Å². The molecule has 1 aliphatic heterocycles. The lowest BCUT2D eigenvalue weighted by atomic mass is 10.1. The van der Waals surface area contributed by atoms with Crippen LogP contribution in [0.2, 0.25) is 0 Å². The maximum absolute atomic E-state index is 10.7. The number of benzene rings is 1. The molecule has 0 amide bonds. The summed E-state index contributed by atoms with van der Waals surface area (Å²) in [4.78, 5) is 10.2. The highest BCUT2D eigenvalue weighted by molar-refractivity contribution is 7.99. The Morgan fingerprint density at radius 1 is 1.22 bits per heavy atom. The molecule has 9 nitrogen and oxygen atoms in total. The Morgan fingerprint density at radius 3 is 2.57 bits per heavy atom. The monoisotopic (exact) mass is 338 g/mol. The second kappa shape index (κ2) is 6.24. The van der Waals surface area contributed by atoms with Crippen molar-refractivity contribution in [2.45, 2.75) is 23.7 Å². The maximum Gasteiger partial charge on any atom is 0.269 e. The predicted molar refractivity (Wildman–Crippen MR) is 81.6 cm³/mol. The standard InChI is InChI=1S/C13H14N4O5S/c18-10-6-23-13(12(20)11(10)19)16-5-9(14-15-16)7-1-3-8(4-2-7)17(21)22/h1-5,10-13,18-20H,6H2/t10-,11+,12-,13-/m1/s1. The number of aromatic nitrogens is 3. The lowest BCUT2D eigenvalue weighted by Gasteiger charge is -2.34. The van der Waals surface area contributed by atoms with Gasteiger partial charge in [-0.1, -0.05) is 5.21 Å². The van der Waals surface area contributed by atoms with Gasteiger partial charge >= 0.3 is 0 Å². The van der Waals surface area contributed by atoms with E-state index in [0.29, 0.717) is 11.3 Å². The minimum atomic E-state index is -1.24. The van der Waals surface area contributed by atoms with Crippen LogP contribution < -0.4 is 0 Å². The molecule has 0 spiro atoms. The maximum atomic E-state index is 10.7. The fourth-order valence-electron chi connectivity index (χ4n) is 2.31. The first kappa shape index (κ1) is 15.9. The van der Waals surface area contributed by atoms with Crippen molar-refractivity contribution in [3.05, 3.63) is 40.6 Å². The first-order valence-corrected chi connectivity index (χ1v) is 7.84. The van der Waals surface area contributed by atoms with Gasteiger partial charge in [0.15, 0.2) is 0 Å². The molecule has 1 aromatic carbocycles. The van der Waals surface area contributed by atoms with Gasteiger partial charge in [0.1, 0.15) is 23.3 Å². The fourth-order valence-corrected chi connectivity index (χ4v) is 3.52. The SMILES string of the molecule is O=[N+]([O-])c1ccc(-c2cn([C@@H]3SC[C@@H](O)[C@H](O)[C@H]3O)nn2)cc1. The lowest BCUT2D eigenvalue weighted by Crippen LogP contribution is -2.47. The summed E-state index contributed by atoms with van der Waals surface area (Å²) < 4.78 is 1.42. The van der Waals surface area contributed by atoms with Gasteiger partial charge in [-0.05, 0) is 12.1 Å². The Labute approximate surface area is 134 Å². The van der Waals surface area contributed by atoms with Gasteiger partial charge in [-0.25, -0.2) is 4.68 Å². The number of aliphatic hydroxyl groups excluding tert-OH is 3. The zero-order valence-electron chi connectivity index (χ0n) is 11.8. The van der Waals surface area contributed by atoms with E-state index >= 15 is 0 Å². The zero-order valence-corrected chi connectivity index (χ0v) is 12.6. The number of thioether (sulfide) groups is 1. The second-order valence-electron chi connectivity index (χ2n) is 5.16. The smallest absolute Gasteiger partial charge is 0.269 e. The summed E-state index contributed by atoms with van der Waals surface area (Å²) in [5.74, 6) is 0.273. The Kier molecular flexibility index (Phi) is 4.31. The number of non-ortho nitro benzene ring substituents is 1. The first-order chi connectivity index (χ1) is 11.0. The van der Waals surface area contributed by atoms with Gasteiger partial charge in [-0.2, -0.15) is 0 Å². The summed E-state index contributed by atoms with van der Waals surface area (Å²) in [6, 6.07) is 5.88. The van der Waals surface area contributed by atoms with Crippen LogP contribution in [0.25, 0.3) is 11.3 Å². The van der Waals surface area contributed by atoms with Crippen molar-refractivity contribution in [1.82, 2.24) is 15.0 Å². The lowest BCUT2D eigenvalue weighted by molar-refractivity contribution is -0.384. The molecule has 0 bridgehead atoms. The van der Waals surface area contributed by atoms with Crippen molar-refractivity contribution in [1.29, 1.82) is 0 Å². The molecule has 0 saturated carbocycles. The third-order valence-corrected chi connectivity index (χ3v) is 4.99. The van der Waals surface area contributed by atoms with Gasteiger partial charge in [-0.15, -0.1) is 16.9 Å². The normalized spacial score (nSPS) is 27.8. The summed E-state index contributed by atoms with van der Waals surface area (Å²) >= 11 is 1.26. The molecule has 0 aliphatic carbocycles. The van der Waals surface area contributed by atoms with E-state index in [1.54, 1.807) is 18.3 Å². The highest BCUT2D eigenvalue weighted by atomic mass is 32.2. The van der Waals surface area contributed by atoms with Crippen LogP contribution in [0.1, 0.15) is 5.37 Å². The molecule has 3 rings (SSSR count). The minimum Gasteiger partial charge on any atom is -0.389 e. The van der Waals surface area contributed by atoms with Crippen molar-refractivity contribution >= 4 is 17.4 Å². The quantitative estimate of drug-likeness (QED) is 0.533. The van der Waals surface area contributed by atoms with Gasteiger partial charge in [-0.3, -0.25) is 10.1 Å². The van der Waals surface area contributed by atoms with E-state index in [-0.39, 0.29) is 11.4 Å². The van der Waals surface area contributed by atoms with Crippen LogP contribution in [0.5, 0.6) is 0 Å². The average molecular weight is 338 g/mol. The average Bonchev–Trinajstić information content (AvgIpc) is 3.02. The van der Waals surface area contributed by atoms with Crippen molar-refractivity contribution in [3.63, 3.8) is 0 Å². The number of nitro groups is 1. The Bertz CT molecular complexity index is 707. The number of aliphatic hydroxyl groups is 3. The molecular weight excluding hydrogens is 324 g/mol. The van der Waals surface area contributed by atoms with Crippen LogP contribution in [0.3, 0.4) is 0 Å². The van der Waals surface area contributed by atoms with Crippen LogP contribution >= 0.6 is 11.8 Å². The molecule has 122 valence electrons. The molecule has 23 heavy (non-hydrogen) atoms. The second-order valence-corrected chi connectivity index (χ2v) is 6.31. The van der Waals surface area contributed by atoms with Crippen LogP contribution in [0.4, 0.5) is 5.69 Å². The van der Waals surface area contributed by atoms with Gasteiger partial charge in [0.2, 0.25) is 0 Å². The molecule has 1 aliphatic rings. The molecule has 2 heterocycles. The van der Waals surface area contributed by atoms with Crippen LogP contribution in [0, 0.1) is 10.1 Å². The molecule has 1 fully saturated rings. The van der Waals surface area contributed by atoms with Gasteiger partial charge in [0.25, 0.3) is 5.69 Å². The van der Waals surface area contributed by atoms with E-state index in [1.807, 2.05) is 0 Å². The van der Waals surface area contributed by atoms with E-state index < -0.39 is 28.6 Å². The molecule has 4 atom stereocenters. The van der Waals surface area contributed by atoms with Crippen LogP contribution in [-0.2, 0) is 0 Å². The summed E-state index contributed by atoms with van der Waals surface area (Å²) in [6.45, 7) is 0. The van der Waals surface area contributed by atoms with E-state index in [1.165, 1.54) is 28.6 Å². The van der Waals surface area contributed by atoms with Gasteiger partial charge in [0.05, 0.1) is 17.2 Å². The predicted octanol–water partition coefficient (Wildman–Crippen LogP) is 0.181.